The molecule has 1 aliphatic rings. The summed E-state index contributed by atoms with van der Waals surface area (Å²) >= 11 is 1.20. The molecule has 0 bridgehead atoms. The average molecular weight is 388 g/mol. The number of nitrogens with zero attached hydrogens (tertiary/aromatic N) is 2. The highest BCUT2D eigenvalue weighted by molar-refractivity contribution is 7.07. The molecule has 2 heterocycles. The van der Waals surface area contributed by atoms with Crippen molar-refractivity contribution in [1.82, 2.24) is 9.47 Å². The predicted molar refractivity (Wildman–Crippen MR) is 107 cm³/mol. The number of thiazole rings is 1. The maximum atomic E-state index is 12.4. The smallest absolute Gasteiger partial charge is 0.307 e. The van der Waals surface area contributed by atoms with Gasteiger partial charge < -0.3 is 14.8 Å². The van der Waals surface area contributed by atoms with Gasteiger partial charge in [0.1, 0.15) is 0 Å². The normalized spacial score (nSPS) is 14.9. The molecule has 1 saturated heterocycles. The van der Waals surface area contributed by atoms with Crippen LogP contribution in [0.1, 0.15) is 31.4 Å². The molecule has 144 valence electrons. The van der Waals surface area contributed by atoms with Gasteiger partial charge in [-0.1, -0.05) is 29.5 Å². The van der Waals surface area contributed by atoms with Gasteiger partial charge >= 0.3 is 4.87 Å². The first-order valence-electron chi connectivity index (χ1n) is 9.33. The molecule has 1 N–H and O–H groups in total. The molecule has 6 nitrogen and oxygen atoms in total. The number of piperidine rings is 1. The summed E-state index contributed by atoms with van der Waals surface area (Å²) in [6.45, 7) is 3.72. The van der Waals surface area contributed by atoms with Gasteiger partial charge in [-0.05, 0) is 38.3 Å². The van der Waals surface area contributed by atoms with E-state index < -0.39 is 0 Å². The van der Waals surface area contributed by atoms with E-state index in [2.05, 4.69) is 5.32 Å². The molecule has 2 amide bonds. The molecule has 0 aliphatic carbocycles. The monoisotopic (exact) mass is 387 g/mol. The maximum absolute atomic E-state index is 12.4. The lowest BCUT2D eigenvalue weighted by Crippen LogP contribution is -2.41. The number of anilines is 1. The Bertz CT molecular complexity index is 836. The first kappa shape index (κ1) is 19.4. The molecule has 0 spiro atoms. The molecule has 0 radical (unpaired) electrons. The Morgan fingerprint density at radius 2 is 1.89 bits per heavy atom. The van der Waals surface area contributed by atoms with Gasteiger partial charge in [-0.25, -0.2) is 0 Å². The van der Waals surface area contributed by atoms with E-state index >= 15 is 0 Å². The molecule has 27 heavy (non-hydrogen) atoms. The van der Waals surface area contributed by atoms with E-state index in [9.17, 15) is 14.4 Å². The van der Waals surface area contributed by atoms with Crippen LogP contribution in [0, 0.1) is 12.8 Å². The largest absolute Gasteiger partial charge is 0.343 e. The van der Waals surface area contributed by atoms with E-state index in [1.807, 2.05) is 47.5 Å². The van der Waals surface area contributed by atoms with Gasteiger partial charge in [0, 0.05) is 48.7 Å². The van der Waals surface area contributed by atoms with Crippen molar-refractivity contribution in [2.24, 2.45) is 5.92 Å². The van der Waals surface area contributed by atoms with Crippen molar-refractivity contribution < 1.29 is 9.59 Å². The van der Waals surface area contributed by atoms with E-state index in [1.54, 1.807) is 4.57 Å². The average Bonchev–Trinajstić information content (AvgIpc) is 3.01. The molecular formula is C20H25N3O3S. The number of hydrogen-bond acceptors (Lipinski definition) is 4. The van der Waals surface area contributed by atoms with E-state index in [1.165, 1.54) is 11.3 Å². The molecule has 0 saturated carbocycles. The van der Waals surface area contributed by atoms with Gasteiger partial charge in [0.05, 0.1) is 0 Å². The zero-order valence-corrected chi connectivity index (χ0v) is 16.3. The fraction of sp³-hybridized carbons (Fsp3) is 0.450. The van der Waals surface area contributed by atoms with Crippen LogP contribution >= 0.6 is 11.3 Å². The number of nitrogens with one attached hydrogen (secondary N) is 1. The fourth-order valence-corrected chi connectivity index (χ4v) is 4.14. The number of benzene rings is 1. The zero-order valence-electron chi connectivity index (χ0n) is 15.5. The second-order valence-electron chi connectivity index (χ2n) is 6.91. The Labute approximate surface area is 162 Å². The van der Waals surface area contributed by atoms with Crippen molar-refractivity contribution in [2.45, 2.75) is 39.2 Å². The second kappa shape index (κ2) is 8.99. The van der Waals surface area contributed by atoms with E-state index in [0.29, 0.717) is 45.3 Å². The Kier molecular flexibility index (Phi) is 6.45. The van der Waals surface area contributed by atoms with Crippen LogP contribution < -0.4 is 10.2 Å². The van der Waals surface area contributed by atoms with Crippen LogP contribution in [0.15, 0.2) is 40.5 Å². The number of carbonyl (C=O) groups excluding carboxylic acids is 2. The third kappa shape index (κ3) is 5.07. The Morgan fingerprint density at radius 1 is 1.19 bits per heavy atom. The Balaban J connectivity index is 1.41. The minimum absolute atomic E-state index is 0.0283. The third-order valence-corrected chi connectivity index (χ3v) is 5.89. The van der Waals surface area contributed by atoms with Crippen LogP contribution in [-0.4, -0.2) is 34.4 Å². The maximum Gasteiger partial charge on any atom is 0.307 e. The number of rotatable bonds is 6. The van der Waals surface area contributed by atoms with Crippen LogP contribution in [0.4, 0.5) is 5.69 Å². The van der Waals surface area contributed by atoms with Gasteiger partial charge in [-0.3, -0.25) is 14.4 Å². The van der Waals surface area contributed by atoms with Crippen molar-refractivity contribution in [3.05, 3.63) is 51.1 Å². The molecule has 3 rings (SSSR count). The van der Waals surface area contributed by atoms with Crippen LogP contribution in [0.3, 0.4) is 0 Å². The summed E-state index contributed by atoms with van der Waals surface area (Å²) in [6, 6.07) is 9.44. The lowest BCUT2D eigenvalue weighted by atomic mass is 9.95. The quantitative estimate of drug-likeness (QED) is 0.828. The molecule has 0 unspecified atom stereocenters. The predicted octanol–water partition coefficient (Wildman–Crippen LogP) is 2.88. The summed E-state index contributed by atoms with van der Waals surface area (Å²) in [7, 11) is 0. The number of aromatic nitrogens is 1. The summed E-state index contributed by atoms with van der Waals surface area (Å²) in [5.41, 5.74) is 1.75. The van der Waals surface area contributed by atoms with Crippen molar-refractivity contribution in [2.75, 3.05) is 18.4 Å². The van der Waals surface area contributed by atoms with Gasteiger partial charge in [-0.2, -0.15) is 0 Å². The topological polar surface area (TPSA) is 71.4 Å². The first-order valence-corrected chi connectivity index (χ1v) is 10.2. The number of aryl methyl sites for hydroxylation is 1. The summed E-state index contributed by atoms with van der Waals surface area (Å²) in [4.78, 5) is 38.3. The number of carbonyl (C=O) groups is 2. The lowest BCUT2D eigenvalue weighted by molar-refractivity contribution is -0.134. The van der Waals surface area contributed by atoms with Crippen LogP contribution in [0.5, 0.6) is 0 Å². The molecule has 1 aliphatic heterocycles. The highest BCUT2D eigenvalue weighted by atomic mass is 32.1. The van der Waals surface area contributed by atoms with Crippen molar-refractivity contribution in [3.63, 3.8) is 0 Å². The van der Waals surface area contributed by atoms with E-state index in [4.69, 9.17) is 0 Å². The molecular weight excluding hydrogens is 362 g/mol. The molecule has 1 aromatic carbocycles. The van der Waals surface area contributed by atoms with Crippen molar-refractivity contribution in [3.8, 4) is 0 Å². The van der Waals surface area contributed by atoms with Gasteiger partial charge in [0.15, 0.2) is 0 Å². The van der Waals surface area contributed by atoms with E-state index in [-0.39, 0.29) is 22.6 Å². The van der Waals surface area contributed by atoms with Gasteiger partial charge in [0.2, 0.25) is 11.8 Å². The Hall–Kier alpha value is -2.41. The van der Waals surface area contributed by atoms with Crippen molar-refractivity contribution >= 4 is 28.8 Å². The van der Waals surface area contributed by atoms with Crippen LogP contribution in [0.2, 0.25) is 0 Å². The Morgan fingerprint density at radius 3 is 2.52 bits per heavy atom. The summed E-state index contributed by atoms with van der Waals surface area (Å²) in [5.74, 6) is 0.0831. The van der Waals surface area contributed by atoms with Crippen LogP contribution in [0.25, 0.3) is 0 Å². The SMILES string of the molecule is Cc1csc(=O)n1CCCC(=O)N1CCC(C(=O)Nc2ccccc2)CC1. The van der Waals surface area contributed by atoms with Crippen LogP contribution in [-0.2, 0) is 16.1 Å². The zero-order chi connectivity index (χ0) is 19.2. The molecule has 1 aromatic heterocycles. The number of hydrogen-bond donors (Lipinski definition) is 1. The standard InChI is InChI=1S/C20H25N3O3S/c1-15-14-27-20(26)23(15)11-5-8-18(24)22-12-9-16(10-13-22)19(25)21-17-6-3-2-4-7-17/h2-4,6-7,14,16H,5,8-13H2,1H3,(H,21,25). The molecule has 0 atom stereocenters. The third-order valence-electron chi connectivity index (χ3n) is 5.01. The van der Waals surface area contributed by atoms with Crippen molar-refractivity contribution in [1.29, 1.82) is 0 Å². The summed E-state index contributed by atoms with van der Waals surface area (Å²) < 4.78 is 1.72. The summed E-state index contributed by atoms with van der Waals surface area (Å²) in [6.07, 6.45) is 2.47. The second-order valence-corrected chi connectivity index (χ2v) is 7.73. The lowest BCUT2D eigenvalue weighted by Gasteiger charge is -2.31. The molecule has 1 fully saturated rings. The minimum atomic E-state index is -0.0544. The van der Waals surface area contributed by atoms with E-state index in [0.717, 1.165) is 11.4 Å². The summed E-state index contributed by atoms with van der Waals surface area (Å²) in [5, 5.41) is 4.79. The number of likely N-dealkylation sites (tertiary alicyclic amines) is 1. The first-order chi connectivity index (χ1) is 13.0. The molecule has 7 heteroatoms. The highest BCUT2D eigenvalue weighted by Crippen LogP contribution is 2.20. The van der Waals surface area contributed by atoms with Gasteiger partial charge in [0.25, 0.3) is 0 Å². The number of amides is 2. The van der Waals surface area contributed by atoms with Gasteiger partial charge in [-0.15, -0.1) is 0 Å². The fourth-order valence-electron chi connectivity index (χ4n) is 3.38. The molecule has 2 aromatic rings. The highest BCUT2D eigenvalue weighted by Gasteiger charge is 2.27. The number of para-hydroxylation sites is 1. The minimum Gasteiger partial charge on any atom is -0.343 e.